The minimum absolute atomic E-state index is 0.169. The molecule has 3 nitrogen and oxygen atoms in total. The van der Waals surface area contributed by atoms with Crippen LogP contribution in [0.1, 0.15) is 20.3 Å². The molecule has 0 aromatic rings. The molecule has 0 N–H and O–H groups in total. The molecular weight excluding hydrogens is 166 g/mol. The van der Waals surface area contributed by atoms with Gasteiger partial charge in [-0.25, -0.2) is 0 Å². The van der Waals surface area contributed by atoms with Crippen LogP contribution < -0.4 is 0 Å². The first kappa shape index (κ1) is 8.73. The van der Waals surface area contributed by atoms with Crippen LogP contribution in [0.25, 0.3) is 0 Å². The average Bonchev–Trinajstić information content (AvgIpc) is 2.16. The van der Waals surface area contributed by atoms with Gasteiger partial charge >= 0.3 is 0 Å². The van der Waals surface area contributed by atoms with Crippen molar-refractivity contribution in [2.45, 2.75) is 26.3 Å². The second kappa shape index (κ2) is 2.56. The summed E-state index contributed by atoms with van der Waals surface area (Å²) in [4.78, 5) is 23.2. The van der Waals surface area contributed by atoms with E-state index in [0.29, 0.717) is 11.8 Å². The second-order valence-electron chi connectivity index (χ2n) is 4.79. The number of hydrogen-bond donors (Lipinski definition) is 0. The van der Waals surface area contributed by atoms with Gasteiger partial charge in [0.15, 0.2) is 0 Å². The molecule has 0 radical (unpaired) electrons. The van der Waals surface area contributed by atoms with Crippen molar-refractivity contribution in [3.8, 4) is 0 Å². The summed E-state index contributed by atoms with van der Waals surface area (Å²) in [6, 6.07) is -0.169. The molecule has 2 saturated heterocycles. The molecule has 0 aromatic heterocycles. The number of aldehydes is 1. The third-order valence-electron chi connectivity index (χ3n) is 4.05. The van der Waals surface area contributed by atoms with Crippen molar-refractivity contribution >= 4 is 12.7 Å². The molecule has 1 amide bonds. The van der Waals surface area contributed by atoms with Crippen LogP contribution >= 0.6 is 0 Å². The Morgan fingerprint density at radius 3 is 2.54 bits per heavy atom. The van der Waals surface area contributed by atoms with Gasteiger partial charge in [-0.3, -0.25) is 4.79 Å². The fraction of sp³-hybridized carbons (Fsp3) is 0.800. The molecule has 1 saturated carbocycles. The average molecular weight is 181 g/mol. The fourth-order valence-electron chi connectivity index (χ4n) is 2.84. The van der Waals surface area contributed by atoms with Gasteiger partial charge in [0.05, 0.1) is 6.04 Å². The highest BCUT2D eigenvalue weighted by Crippen LogP contribution is 2.56. The number of amides is 1. The summed E-state index contributed by atoms with van der Waals surface area (Å²) in [6.07, 6.45) is 2.85. The highest BCUT2D eigenvalue weighted by Gasteiger charge is 2.56. The van der Waals surface area contributed by atoms with Crippen LogP contribution in [-0.2, 0) is 9.59 Å². The molecule has 2 aliphatic heterocycles. The van der Waals surface area contributed by atoms with Crippen LogP contribution in [-0.4, -0.2) is 30.2 Å². The Hall–Kier alpha value is -0.860. The summed E-state index contributed by atoms with van der Waals surface area (Å²) in [5, 5.41) is 0. The van der Waals surface area contributed by atoms with Crippen molar-refractivity contribution in [2.75, 3.05) is 6.54 Å². The van der Waals surface area contributed by atoms with Crippen LogP contribution in [0, 0.1) is 17.3 Å². The molecule has 2 bridgehead atoms. The summed E-state index contributed by atoms with van der Waals surface area (Å²) in [6.45, 7) is 5.16. The molecule has 1 aliphatic carbocycles. The first-order valence-electron chi connectivity index (χ1n) is 4.77. The van der Waals surface area contributed by atoms with E-state index in [4.69, 9.17) is 0 Å². The van der Waals surface area contributed by atoms with E-state index in [0.717, 1.165) is 25.7 Å². The van der Waals surface area contributed by atoms with Gasteiger partial charge in [0.1, 0.15) is 6.29 Å². The molecule has 0 aromatic carbocycles. The zero-order valence-corrected chi connectivity index (χ0v) is 8.06. The lowest BCUT2D eigenvalue weighted by Gasteiger charge is -2.61. The molecule has 3 atom stereocenters. The molecule has 13 heavy (non-hydrogen) atoms. The van der Waals surface area contributed by atoms with Crippen molar-refractivity contribution in [3.05, 3.63) is 0 Å². The van der Waals surface area contributed by atoms with Crippen LogP contribution in [0.15, 0.2) is 0 Å². The third kappa shape index (κ3) is 0.960. The Kier molecular flexibility index (Phi) is 1.72. The number of fused-ring (bicyclic) bond motifs is 2. The molecule has 2 unspecified atom stereocenters. The van der Waals surface area contributed by atoms with E-state index in [1.54, 1.807) is 4.90 Å². The van der Waals surface area contributed by atoms with Gasteiger partial charge in [0.2, 0.25) is 6.41 Å². The van der Waals surface area contributed by atoms with Crippen molar-refractivity contribution in [2.24, 2.45) is 17.3 Å². The summed E-state index contributed by atoms with van der Waals surface area (Å²) >= 11 is 0. The van der Waals surface area contributed by atoms with Gasteiger partial charge in [-0.05, 0) is 23.7 Å². The highest BCUT2D eigenvalue weighted by molar-refractivity contribution is 5.66. The molecule has 2 heterocycles. The zero-order valence-electron chi connectivity index (χ0n) is 8.06. The maximum Gasteiger partial charge on any atom is 0.210 e. The summed E-state index contributed by atoms with van der Waals surface area (Å²) in [5.41, 5.74) is 0.255. The van der Waals surface area contributed by atoms with Crippen molar-refractivity contribution in [1.82, 2.24) is 4.90 Å². The number of piperidine rings is 2. The lowest BCUT2D eigenvalue weighted by Crippen LogP contribution is -2.65. The van der Waals surface area contributed by atoms with Gasteiger partial charge in [-0.1, -0.05) is 13.8 Å². The fourth-order valence-corrected chi connectivity index (χ4v) is 2.84. The molecule has 72 valence electrons. The van der Waals surface area contributed by atoms with E-state index >= 15 is 0 Å². The minimum Gasteiger partial charge on any atom is -0.335 e. The smallest absolute Gasteiger partial charge is 0.210 e. The van der Waals surface area contributed by atoms with Gasteiger partial charge in [0, 0.05) is 6.54 Å². The maximum absolute atomic E-state index is 10.9. The Balaban J connectivity index is 2.22. The van der Waals surface area contributed by atoms with Gasteiger partial charge in [-0.2, -0.15) is 0 Å². The summed E-state index contributed by atoms with van der Waals surface area (Å²) in [7, 11) is 0. The second-order valence-corrected chi connectivity index (χ2v) is 4.79. The molecule has 0 spiro atoms. The molecule has 3 heteroatoms. The standard InChI is InChI=1S/C10H15NO2/c1-10(2)7-3-8(10)9(5-12)11(4-7)6-13/h5-9H,3-4H2,1-2H3/t7?,8?,9-/m1/s1. The van der Waals surface area contributed by atoms with E-state index in [-0.39, 0.29) is 11.5 Å². The first-order chi connectivity index (χ1) is 6.11. The summed E-state index contributed by atoms with van der Waals surface area (Å²) < 4.78 is 0. The van der Waals surface area contributed by atoms with Gasteiger partial charge < -0.3 is 9.69 Å². The van der Waals surface area contributed by atoms with E-state index in [9.17, 15) is 9.59 Å². The van der Waals surface area contributed by atoms with E-state index < -0.39 is 0 Å². The number of carbonyl (C=O) groups excluding carboxylic acids is 2. The van der Waals surface area contributed by atoms with E-state index in [1.807, 2.05) is 0 Å². The molecule has 3 fully saturated rings. The number of hydrogen-bond acceptors (Lipinski definition) is 2. The Labute approximate surface area is 78.1 Å². The Morgan fingerprint density at radius 2 is 2.08 bits per heavy atom. The Bertz CT molecular complexity index is 249. The zero-order chi connectivity index (χ0) is 9.64. The summed E-state index contributed by atoms with van der Waals surface area (Å²) in [5.74, 6) is 0.979. The molecule has 3 rings (SSSR count). The minimum atomic E-state index is -0.169. The van der Waals surface area contributed by atoms with Crippen LogP contribution in [0.5, 0.6) is 0 Å². The van der Waals surface area contributed by atoms with Crippen LogP contribution in [0.4, 0.5) is 0 Å². The van der Waals surface area contributed by atoms with Crippen molar-refractivity contribution in [1.29, 1.82) is 0 Å². The van der Waals surface area contributed by atoms with E-state index in [1.165, 1.54) is 0 Å². The van der Waals surface area contributed by atoms with Crippen LogP contribution in [0.2, 0.25) is 0 Å². The number of carbonyl (C=O) groups is 2. The number of rotatable bonds is 2. The SMILES string of the molecule is CC1(C)C2CC1[C@@H](C=O)N(C=O)C2. The normalized spacial score (nSPS) is 40.8. The van der Waals surface area contributed by atoms with Gasteiger partial charge in [-0.15, -0.1) is 0 Å². The van der Waals surface area contributed by atoms with Gasteiger partial charge in [0.25, 0.3) is 0 Å². The van der Waals surface area contributed by atoms with Crippen molar-refractivity contribution in [3.63, 3.8) is 0 Å². The third-order valence-corrected chi connectivity index (χ3v) is 4.05. The number of nitrogens with zero attached hydrogens (tertiary/aromatic N) is 1. The predicted octanol–water partition coefficient (Wildman–Crippen LogP) is 0.688. The monoisotopic (exact) mass is 181 g/mol. The predicted molar refractivity (Wildman–Crippen MR) is 48.0 cm³/mol. The quantitative estimate of drug-likeness (QED) is 0.588. The Morgan fingerprint density at radius 1 is 1.38 bits per heavy atom. The lowest BCUT2D eigenvalue weighted by atomic mass is 9.50. The first-order valence-corrected chi connectivity index (χ1v) is 4.77. The maximum atomic E-state index is 10.9. The van der Waals surface area contributed by atoms with Crippen molar-refractivity contribution < 1.29 is 9.59 Å². The highest BCUT2D eigenvalue weighted by atomic mass is 16.1. The van der Waals surface area contributed by atoms with Crippen LogP contribution in [0.3, 0.4) is 0 Å². The van der Waals surface area contributed by atoms with E-state index in [2.05, 4.69) is 13.8 Å². The topological polar surface area (TPSA) is 37.4 Å². The molecular formula is C10H15NO2. The molecule has 3 aliphatic rings. The largest absolute Gasteiger partial charge is 0.335 e. The lowest BCUT2D eigenvalue weighted by molar-refractivity contribution is -0.161.